The summed E-state index contributed by atoms with van der Waals surface area (Å²) in [6.07, 6.45) is 0. The standard InChI is InChI=1S/C15H13BrN2O3/c1-10(13-7-2-3-8-14(13)16)17-15(19)11-5-4-6-12(9-11)18(20)21/h2-10H,1H3,(H,17,19)/t10-/m0/s1. The zero-order valence-corrected chi connectivity index (χ0v) is 12.8. The number of nitrogens with one attached hydrogen (secondary N) is 1. The Hall–Kier alpha value is -2.21. The number of nitrogens with zero attached hydrogens (tertiary/aromatic N) is 1. The third-order valence-corrected chi connectivity index (χ3v) is 3.76. The van der Waals surface area contributed by atoms with Gasteiger partial charge >= 0.3 is 0 Å². The molecule has 0 aliphatic rings. The van der Waals surface area contributed by atoms with E-state index in [-0.39, 0.29) is 23.2 Å². The summed E-state index contributed by atoms with van der Waals surface area (Å²) >= 11 is 3.43. The molecule has 2 aromatic rings. The number of nitro groups is 1. The zero-order chi connectivity index (χ0) is 15.4. The van der Waals surface area contributed by atoms with Crippen molar-refractivity contribution in [3.63, 3.8) is 0 Å². The first-order chi connectivity index (χ1) is 9.99. The Morgan fingerprint density at radius 1 is 1.24 bits per heavy atom. The smallest absolute Gasteiger partial charge is 0.270 e. The van der Waals surface area contributed by atoms with Crippen LogP contribution in [0, 0.1) is 10.1 Å². The molecule has 0 aliphatic carbocycles. The third-order valence-electron chi connectivity index (χ3n) is 3.04. The number of amides is 1. The number of hydrogen-bond acceptors (Lipinski definition) is 3. The highest BCUT2D eigenvalue weighted by Crippen LogP contribution is 2.23. The van der Waals surface area contributed by atoms with E-state index in [9.17, 15) is 14.9 Å². The van der Waals surface area contributed by atoms with Gasteiger partial charge in [-0.1, -0.05) is 40.2 Å². The number of carbonyl (C=O) groups excluding carboxylic acids is 1. The summed E-state index contributed by atoms with van der Waals surface area (Å²) in [4.78, 5) is 22.4. The van der Waals surface area contributed by atoms with Crippen molar-refractivity contribution in [1.29, 1.82) is 0 Å². The molecule has 108 valence electrons. The number of halogens is 1. The monoisotopic (exact) mass is 348 g/mol. The van der Waals surface area contributed by atoms with Crippen LogP contribution in [0.25, 0.3) is 0 Å². The molecule has 1 N–H and O–H groups in total. The Morgan fingerprint density at radius 3 is 2.62 bits per heavy atom. The summed E-state index contributed by atoms with van der Waals surface area (Å²) < 4.78 is 0.900. The lowest BCUT2D eigenvalue weighted by Gasteiger charge is -2.15. The number of hydrogen-bond donors (Lipinski definition) is 1. The summed E-state index contributed by atoms with van der Waals surface area (Å²) in [5.74, 6) is -0.345. The zero-order valence-electron chi connectivity index (χ0n) is 11.2. The van der Waals surface area contributed by atoms with Crippen LogP contribution in [0.15, 0.2) is 53.0 Å². The predicted molar refractivity (Wildman–Crippen MR) is 83.1 cm³/mol. The molecule has 0 fully saturated rings. The molecule has 21 heavy (non-hydrogen) atoms. The second-order valence-electron chi connectivity index (χ2n) is 4.52. The van der Waals surface area contributed by atoms with Gasteiger partial charge in [-0.15, -0.1) is 0 Å². The van der Waals surface area contributed by atoms with Gasteiger partial charge in [-0.05, 0) is 24.6 Å². The minimum Gasteiger partial charge on any atom is -0.345 e. The number of nitro benzene ring substituents is 1. The van der Waals surface area contributed by atoms with Gasteiger partial charge in [0, 0.05) is 22.2 Å². The van der Waals surface area contributed by atoms with Gasteiger partial charge in [0.15, 0.2) is 0 Å². The Labute approximate surface area is 130 Å². The van der Waals surface area contributed by atoms with Gasteiger partial charge in [-0.3, -0.25) is 14.9 Å². The Bertz CT molecular complexity index is 688. The summed E-state index contributed by atoms with van der Waals surface area (Å²) in [5, 5.41) is 13.6. The average Bonchev–Trinajstić information content (AvgIpc) is 2.47. The van der Waals surface area contributed by atoms with Crippen molar-refractivity contribution < 1.29 is 9.72 Å². The lowest BCUT2D eigenvalue weighted by atomic mass is 10.1. The minimum atomic E-state index is -0.520. The molecule has 5 nitrogen and oxygen atoms in total. The van der Waals surface area contributed by atoms with Gasteiger partial charge in [0.25, 0.3) is 11.6 Å². The topological polar surface area (TPSA) is 72.2 Å². The normalized spacial score (nSPS) is 11.7. The van der Waals surface area contributed by atoms with E-state index in [4.69, 9.17) is 0 Å². The van der Waals surface area contributed by atoms with Crippen LogP contribution >= 0.6 is 15.9 Å². The maximum absolute atomic E-state index is 12.2. The van der Waals surface area contributed by atoms with Crippen LogP contribution in [0.3, 0.4) is 0 Å². The lowest BCUT2D eigenvalue weighted by molar-refractivity contribution is -0.384. The molecular formula is C15H13BrN2O3. The number of carbonyl (C=O) groups is 1. The molecule has 0 saturated heterocycles. The first kappa shape index (κ1) is 15.2. The molecule has 6 heteroatoms. The predicted octanol–water partition coefficient (Wildman–Crippen LogP) is 3.85. The SMILES string of the molecule is C[C@H](NC(=O)c1cccc([N+](=O)[O-])c1)c1ccccc1Br. The van der Waals surface area contributed by atoms with E-state index in [1.165, 1.54) is 18.2 Å². The molecule has 0 saturated carbocycles. The van der Waals surface area contributed by atoms with E-state index in [1.807, 2.05) is 31.2 Å². The van der Waals surface area contributed by atoms with Gasteiger partial charge in [-0.2, -0.15) is 0 Å². The van der Waals surface area contributed by atoms with Crippen LogP contribution in [0.4, 0.5) is 5.69 Å². The first-order valence-electron chi connectivity index (χ1n) is 6.29. The van der Waals surface area contributed by atoms with Gasteiger partial charge in [0.2, 0.25) is 0 Å². The van der Waals surface area contributed by atoms with Gasteiger partial charge in [-0.25, -0.2) is 0 Å². The molecule has 0 spiro atoms. The summed E-state index contributed by atoms with van der Waals surface area (Å²) in [5.41, 5.74) is 1.11. The summed E-state index contributed by atoms with van der Waals surface area (Å²) in [6, 6.07) is 13.0. The van der Waals surface area contributed by atoms with Crippen molar-refractivity contribution >= 4 is 27.5 Å². The van der Waals surface area contributed by atoms with Crippen molar-refractivity contribution in [2.24, 2.45) is 0 Å². The van der Waals surface area contributed by atoms with E-state index in [2.05, 4.69) is 21.2 Å². The second kappa shape index (κ2) is 6.49. The van der Waals surface area contributed by atoms with Crippen molar-refractivity contribution in [1.82, 2.24) is 5.32 Å². The molecule has 0 unspecified atom stereocenters. The van der Waals surface area contributed by atoms with Crippen LogP contribution in [0.1, 0.15) is 28.9 Å². The fourth-order valence-electron chi connectivity index (χ4n) is 1.94. The van der Waals surface area contributed by atoms with Crippen molar-refractivity contribution in [3.8, 4) is 0 Å². The fraction of sp³-hybridized carbons (Fsp3) is 0.133. The molecular weight excluding hydrogens is 336 g/mol. The molecule has 0 aliphatic heterocycles. The summed E-state index contributed by atoms with van der Waals surface area (Å²) in [6.45, 7) is 1.86. The van der Waals surface area contributed by atoms with Crippen molar-refractivity contribution in [2.75, 3.05) is 0 Å². The lowest BCUT2D eigenvalue weighted by Crippen LogP contribution is -2.26. The van der Waals surface area contributed by atoms with E-state index >= 15 is 0 Å². The Morgan fingerprint density at radius 2 is 1.95 bits per heavy atom. The molecule has 0 radical (unpaired) electrons. The van der Waals surface area contributed by atoms with Crippen molar-refractivity contribution in [3.05, 3.63) is 74.2 Å². The molecule has 2 aromatic carbocycles. The fourth-order valence-corrected chi connectivity index (χ4v) is 2.57. The van der Waals surface area contributed by atoms with E-state index < -0.39 is 4.92 Å². The van der Waals surface area contributed by atoms with Crippen LogP contribution in [-0.2, 0) is 0 Å². The molecule has 1 atom stereocenters. The average molecular weight is 349 g/mol. The third kappa shape index (κ3) is 3.66. The molecule has 1 amide bonds. The largest absolute Gasteiger partial charge is 0.345 e. The van der Waals surface area contributed by atoms with Gasteiger partial charge in [0.1, 0.15) is 0 Å². The van der Waals surface area contributed by atoms with Crippen LogP contribution in [-0.4, -0.2) is 10.8 Å². The van der Waals surface area contributed by atoms with Crippen LogP contribution in [0.2, 0.25) is 0 Å². The van der Waals surface area contributed by atoms with Gasteiger partial charge < -0.3 is 5.32 Å². The first-order valence-corrected chi connectivity index (χ1v) is 7.08. The van der Waals surface area contributed by atoms with E-state index in [0.717, 1.165) is 10.0 Å². The second-order valence-corrected chi connectivity index (χ2v) is 5.38. The van der Waals surface area contributed by atoms with E-state index in [0.29, 0.717) is 0 Å². The maximum Gasteiger partial charge on any atom is 0.270 e. The van der Waals surface area contributed by atoms with Gasteiger partial charge in [0.05, 0.1) is 11.0 Å². The maximum atomic E-state index is 12.2. The molecule has 0 aromatic heterocycles. The Balaban J connectivity index is 2.16. The highest BCUT2D eigenvalue weighted by molar-refractivity contribution is 9.10. The number of non-ortho nitro benzene ring substituents is 1. The van der Waals surface area contributed by atoms with Crippen molar-refractivity contribution in [2.45, 2.75) is 13.0 Å². The Kier molecular flexibility index (Phi) is 4.70. The quantitative estimate of drug-likeness (QED) is 0.673. The molecule has 0 heterocycles. The number of rotatable bonds is 4. The molecule has 0 bridgehead atoms. The molecule has 2 rings (SSSR count). The van der Waals surface area contributed by atoms with Crippen LogP contribution < -0.4 is 5.32 Å². The highest BCUT2D eigenvalue weighted by Gasteiger charge is 2.15. The summed E-state index contributed by atoms with van der Waals surface area (Å²) in [7, 11) is 0. The highest BCUT2D eigenvalue weighted by atomic mass is 79.9. The minimum absolute atomic E-state index is 0.101. The number of benzene rings is 2. The van der Waals surface area contributed by atoms with Crippen LogP contribution in [0.5, 0.6) is 0 Å². The van der Waals surface area contributed by atoms with E-state index in [1.54, 1.807) is 6.07 Å².